The molecule has 0 aliphatic carbocycles. The van der Waals surface area contributed by atoms with E-state index in [9.17, 15) is 13.2 Å². The van der Waals surface area contributed by atoms with Crippen LogP contribution in [-0.4, -0.2) is 6.54 Å². The van der Waals surface area contributed by atoms with E-state index in [1.54, 1.807) is 6.07 Å². The van der Waals surface area contributed by atoms with E-state index in [0.717, 1.165) is 6.07 Å². The fourth-order valence-corrected chi connectivity index (χ4v) is 1.31. The van der Waals surface area contributed by atoms with Gasteiger partial charge >= 0.3 is 6.18 Å². The summed E-state index contributed by atoms with van der Waals surface area (Å²) in [4.78, 5) is 0. The van der Waals surface area contributed by atoms with E-state index in [0.29, 0.717) is 24.9 Å². The van der Waals surface area contributed by atoms with E-state index in [2.05, 4.69) is 0 Å². The molecule has 4 heteroatoms. The molecular weight excluding hydrogens is 191 g/mol. The van der Waals surface area contributed by atoms with Crippen molar-refractivity contribution in [3.05, 3.63) is 35.4 Å². The Labute approximate surface area is 80.7 Å². The first kappa shape index (κ1) is 11.0. The first-order valence-corrected chi connectivity index (χ1v) is 4.41. The number of hydrogen-bond acceptors (Lipinski definition) is 1. The normalized spacial score (nSPS) is 11.7. The molecule has 0 fully saturated rings. The number of benzene rings is 1. The third-order valence-electron chi connectivity index (χ3n) is 1.97. The maximum absolute atomic E-state index is 12.4. The Bertz CT molecular complexity index is 294. The summed E-state index contributed by atoms with van der Waals surface area (Å²) < 4.78 is 37.3. The Morgan fingerprint density at radius 3 is 2.36 bits per heavy atom. The Kier molecular flexibility index (Phi) is 3.52. The molecule has 1 nitrogen and oxygen atoms in total. The average molecular weight is 203 g/mol. The molecule has 0 aromatic heterocycles. The average Bonchev–Trinajstić information content (AvgIpc) is 2.14. The first-order chi connectivity index (χ1) is 6.55. The zero-order valence-electron chi connectivity index (χ0n) is 7.64. The molecule has 0 amide bonds. The number of rotatable bonds is 3. The fourth-order valence-electron chi connectivity index (χ4n) is 1.31. The van der Waals surface area contributed by atoms with Crippen LogP contribution in [0.4, 0.5) is 13.2 Å². The summed E-state index contributed by atoms with van der Waals surface area (Å²) in [7, 11) is 0. The number of hydrogen-bond donors (Lipinski definition) is 1. The van der Waals surface area contributed by atoms with Crippen LogP contribution in [0.2, 0.25) is 0 Å². The molecule has 0 saturated carbocycles. The number of aryl methyl sites for hydroxylation is 1. The molecule has 0 bridgehead atoms. The third kappa shape index (κ3) is 2.73. The monoisotopic (exact) mass is 203 g/mol. The molecule has 78 valence electrons. The molecule has 0 aliphatic heterocycles. The minimum atomic E-state index is -4.26. The number of halogens is 3. The van der Waals surface area contributed by atoms with Crippen LogP contribution in [-0.2, 0) is 12.6 Å². The van der Waals surface area contributed by atoms with Gasteiger partial charge in [-0.2, -0.15) is 13.2 Å². The lowest BCUT2D eigenvalue weighted by atomic mass is 10.0. The predicted molar refractivity (Wildman–Crippen MR) is 48.8 cm³/mol. The number of alkyl halides is 3. The van der Waals surface area contributed by atoms with Crippen LogP contribution in [0.25, 0.3) is 0 Å². The third-order valence-corrected chi connectivity index (χ3v) is 1.97. The summed E-state index contributed by atoms with van der Waals surface area (Å²) in [6.45, 7) is 0.409. The van der Waals surface area contributed by atoms with Crippen molar-refractivity contribution in [1.29, 1.82) is 0 Å². The Balaban J connectivity index is 2.92. The predicted octanol–water partition coefficient (Wildman–Crippen LogP) is 2.60. The van der Waals surface area contributed by atoms with Gasteiger partial charge in [0, 0.05) is 0 Å². The van der Waals surface area contributed by atoms with Gasteiger partial charge in [-0.05, 0) is 31.0 Å². The molecule has 1 aromatic rings. The molecule has 2 N–H and O–H groups in total. The van der Waals surface area contributed by atoms with Gasteiger partial charge in [0.25, 0.3) is 0 Å². The van der Waals surface area contributed by atoms with Crippen molar-refractivity contribution in [2.24, 2.45) is 5.73 Å². The molecule has 1 rings (SSSR count). The van der Waals surface area contributed by atoms with E-state index >= 15 is 0 Å². The second-order valence-corrected chi connectivity index (χ2v) is 3.05. The highest BCUT2D eigenvalue weighted by atomic mass is 19.4. The molecule has 0 heterocycles. The minimum absolute atomic E-state index is 0.324. The lowest BCUT2D eigenvalue weighted by Gasteiger charge is -2.11. The highest BCUT2D eigenvalue weighted by Crippen LogP contribution is 2.32. The topological polar surface area (TPSA) is 26.0 Å². The van der Waals surface area contributed by atoms with Gasteiger partial charge in [0.1, 0.15) is 0 Å². The molecule has 0 spiro atoms. The fraction of sp³-hybridized carbons (Fsp3) is 0.400. The summed E-state index contributed by atoms with van der Waals surface area (Å²) in [5, 5.41) is 0. The van der Waals surface area contributed by atoms with Crippen LogP contribution in [0.15, 0.2) is 24.3 Å². The van der Waals surface area contributed by atoms with Gasteiger partial charge in [0.05, 0.1) is 5.56 Å². The van der Waals surface area contributed by atoms with Crippen LogP contribution < -0.4 is 5.73 Å². The van der Waals surface area contributed by atoms with Gasteiger partial charge in [-0.1, -0.05) is 18.2 Å². The van der Waals surface area contributed by atoms with E-state index in [4.69, 9.17) is 5.73 Å². The first-order valence-electron chi connectivity index (χ1n) is 4.41. The maximum atomic E-state index is 12.4. The van der Waals surface area contributed by atoms with E-state index < -0.39 is 11.7 Å². The maximum Gasteiger partial charge on any atom is 0.416 e. The minimum Gasteiger partial charge on any atom is -0.330 e. The van der Waals surface area contributed by atoms with Crippen LogP contribution in [0.5, 0.6) is 0 Å². The SMILES string of the molecule is NCCCc1ccccc1C(F)(F)F. The highest BCUT2D eigenvalue weighted by molar-refractivity contribution is 5.29. The second kappa shape index (κ2) is 4.46. The largest absolute Gasteiger partial charge is 0.416 e. The van der Waals surface area contributed by atoms with Gasteiger partial charge in [0.15, 0.2) is 0 Å². The van der Waals surface area contributed by atoms with Crippen molar-refractivity contribution in [2.75, 3.05) is 6.54 Å². The molecule has 0 aliphatic rings. The van der Waals surface area contributed by atoms with E-state index in [1.807, 2.05) is 0 Å². The van der Waals surface area contributed by atoms with Crippen LogP contribution >= 0.6 is 0 Å². The Morgan fingerprint density at radius 2 is 1.79 bits per heavy atom. The zero-order valence-corrected chi connectivity index (χ0v) is 7.64. The molecular formula is C10H12F3N. The Hall–Kier alpha value is -1.03. The lowest BCUT2D eigenvalue weighted by Crippen LogP contribution is -2.10. The highest BCUT2D eigenvalue weighted by Gasteiger charge is 2.32. The summed E-state index contributed by atoms with van der Waals surface area (Å²) >= 11 is 0. The van der Waals surface area contributed by atoms with Crippen LogP contribution in [0, 0.1) is 0 Å². The summed E-state index contributed by atoms with van der Waals surface area (Å²) in [5.74, 6) is 0. The number of nitrogens with two attached hydrogens (primary N) is 1. The smallest absolute Gasteiger partial charge is 0.330 e. The molecule has 1 aromatic carbocycles. The van der Waals surface area contributed by atoms with Crippen molar-refractivity contribution in [3.63, 3.8) is 0 Å². The second-order valence-electron chi connectivity index (χ2n) is 3.05. The zero-order chi connectivity index (χ0) is 10.6. The van der Waals surface area contributed by atoms with Crippen LogP contribution in [0.3, 0.4) is 0 Å². The van der Waals surface area contributed by atoms with Gasteiger partial charge in [-0.25, -0.2) is 0 Å². The van der Waals surface area contributed by atoms with Crippen molar-refractivity contribution >= 4 is 0 Å². The van der Waals surface area contributed by atoms with Crippen molar-refractivity contribution in [2.45, 2.75) is 19.0 Å². The molecule has 0 saturated heterocycles. The van der Waals surface area contributed by atoms with Gasteiger partial charge < -0.3 is 5.73 Å². The van der Waals surface area contributed by atoms with E-state index in [1.165, 1.54) is 12.1 Å². The standard InChI is InChI=1S/C10H12F3N/c11-10(12,13)9-6-2-1-4-8(9)5-3-7-14/h1-2,4,6H,3,5,7,14H2. The van der Waals surface area contributed by atoms with Crippen molar-refractivity contribution < 1.29 is 13.2 Å². The molecule has 0 atom stereocenters. The van der Waals surface area contributed by atoms with Crippen molar-refractivity contribution in [3.8, 4) is 0 Å². The molecule has 14 heavy (non-hydrogen) atoms. The Morgan fingerprint density at radius 1 is 1.14 bits per heavy atom. The summed E-state index contributed by atoms with van der Waals surface area (Å²) in [5.41, 5.74) is 5.03. The van der Waals surface area contributed by atoms with Gasteiger partial charge in [0.2, 0.25) is 0 Å². The lowest BCUT2D eigenvalue weighted by molar-refractivity contribution is -0.138. The van der Waals surface area contributed by atoms with E-state index in [-0.39, 0.29) is 0 Å². The summed E-state index contributed by atoms with van der Waals surface area (Å²) in [6, 6.07) is 5.61. The summed E-state index contributed by atoms with van der Waals surface area (Å²) in [6.07, 6.45) is -3.30. The molecule has 0 radical (unpaired) electrons. The quantitative estimate of drug-likeness (QED) is 0.802. The molecule has 0 unspecified atom stereocenters. The van der Waals surface area contributed by atoms with Gasteiger partial charge in [-0.3, -0.25) is 0 Å². The van der Waals surface area contributed by atoms with Crippen LogP contribution in [0.1, 0.15) is 17.5 Å². The van der Waals surface area contributed by atoms with Crippen molar-refractivity contribution in [1.82, 2.24) is 0 Å². The van der Waals surface area contributed by atoms with Gasteiger partial charge in [-0.15, -0.1) is 0 Å².